The summed E-state index contributed by atoms with van der Waals surface area (Å²) in [4.78, 5) is 16.7. The van der Waals surface area contributed by atoms with Crippen molar-refractivity contribution in [2.75, 3.05) is 0 Å². The van der Waals surface area contributed by atoms with Gasteiger partial charge in [0.15, 0.2) is 5.78 Å². The van der Waals surface area contributed by atoms with Gasteiger partial charge in [0.1, 0.15) is 0 Å². The summed E-state index contributed by atoms with van der Waals surface area (Å²) in [5, 5.41) is 11.2. The van der Waals surface area contributed by atoms with Gasteiger partial charge < -0.3 is 5.11 Å². The molecule has 0 bridgehead atoms. The van der Waals surface area contributed by atoms with Crippen LogP contribution in [0.15, 0.2) is 48.2 Å². The molecule has 2 fully saturated rings. The van der Waals surface area contributed by atoms with Gasteiger partial charge in [-0.3, -0.25) is 9.78 Å². The Morgan fingerprint density at radius 3 is 2.21 bits per heavy atom. The first kappa shape index (κ1) is 31.2. The summed E-state index contributed by atoms with van der Waals surface area (Å²) in [5.41, 5.74) is 8.69. The molecule has 0 amide bonds. The molecule has 1 radical (unpaired) electrons. The Labute approximate surface area is 248 Å². The van der Waals surface area contributed by atoms with Crippen molar-refractivity contribution in [3.8, 4) is 11.3 Å². The topological polar surface area (TPSA) is 50.2 Å². The average molecular weight is 703 g/mol. The first-order valence-corrected chi connectivity index (χ1v) is 14.3. The van der Waals surface area contributed by atoms with Crippen molar-refractivity contribution >= 4 is 16.7 Å². The minimum Gasteiger partial charge on any atom is -0.512 e. The van der Waals surface area contributed by atoms with E-state index in [0.717, 1.165) is 48.9 Å². The van der Waals surface area contributed by atoms with Crippen molar-refractivity contribution in [2.24, 2.45) is 11.8 Å². The third kappa shape index (κ3) is 7.68. The summed E-state index contributed by atoms with van der Waals surface area (Å²) >= 11 is 0. The Morgan fingerprint density at radius 1 is 0.897 bits per heavy atom. The number of nitrogens with zero attached hydrogens (tertiary/aromatic N) is 1. The molecular formula is C35H44IrNO2-. The number of rotatable bonds is 4. The van der Waals surface area contributed by atoms with Gasteiger partial charge in [0, 0.05) is 43.4 Å². The molecule has 1 N–H and O–H groups in total. The molecule has 3 aliphatic rings. The molecule has 6 rings (SSSR count). The number of carbonyl (C=O) groups is 1. The average Bonchev–Trinajstić information content (AvgIpc) is 3.58. The number of aliphatic hydroxyl groups is 1. The number of aryl methyl sites for hydroxylation is 4. The minimum absolute atomic E-state index is 0. The molecule has 2 saturated carbocycles. The van der Waals surface area contributed by atoms with Crippen LogP contribution >= 0.6 is 0 Å². The number of hydrogen-bond donors (Lipinski definition) is 1. The second-order valence-electron chi connectivity index (χ2n) is 11.4. The van der Waals surface area contributed by atoms with E-state index in [1.807, 2.05) is 0 Å². The predicted octanol–water partition coefficient (Wildman–Crippen LogP) is 9.21. The Kier molecular flexibility index (Phi) is 11.5. The van der Waals surface area contributed by atoms with Crippen LogP contribution in [0.1, 0.15) is 93.9 Å². The quantitative estimate of drug-likeness (QED) is 0.168. The molecule has 39 heavy (non-hydrogen) atoms. The zero-order valence-electron chi connectivity index (χ0n) is 22.8. The van der Waals surface area contributed by atoms with E-state index < -0.39 is 0 Å². The molecule has 0 aliphatic heterocycles. The van der Waals surface area contributed by atoms with Crippen molar-refractivity contribution < 1.29 is 30.0 Å². The fourth-order valence-electron chi connectivity index (χ4n) is 6.47. The Hall–Kier alpha value is -2.29. The molecule has 0 saturated heterocycles. The van der Waals surface area contributed by atoms with E-state index in [0.29, 0.717) is 5.76 Å². The molecule has 4 heteroatoms. The van der Waals surface area contributed by atoms with Gasteiger partial charge >= 0.3 is 0 Å². The zero-order chi connectivity index (χ0) is 25.8. The summed E-state index contributed by atoms with van der Waals surface area (Å²) in [6, 6.07) is 16.7. The molecular weight excluding hydrogens is 659 g/mol. The third-order valence-corrected chi connectivity index (χ3v) is 8.39. The summed E-state index contributed by atoms with van der Waals surface area (Å²) in [7, 11) is 0. The van der Waals surface area contributed by atoms with E-state index >= 15 is 0 Å². The maximum Gasteiger partial charge on any atom is 0.162 e. The van der Waals surface area contributed by atoms with Crippen LogP contribution < -0.4 is 0 Å². The van der Waals surface area contributed by atoms with E-state index in [1.165, 1.54) is 78.7 Å². The Bertz CT molecular complexity index is 1280. The fourth-order valence-corrected chi connectivity index (χ4v) is 6.47. The van der Waals surface area contributed by atoms with Crippen molar-refractivity contribution in [2.45, 2.75) is 98.3 Å². The van der Waals surface area contributed by atoms with Crippen molar-refractivity contribution in [3.63, 3.8) is 0 Å². The van der Waals surface area contributed by atoms with Gasteiger partial charge in [-0.15, -0.1) is 34.9 Å². The van der Waals surface area contributed by atoms with Gasteiger partial charge in [0.25, 0.3) is 0 Å². The molecule has 3 aromatic rings. The summed E-state index contributed by atoms with van der Waals surface area (Å²) in [6.45, 7) is 4.24. The molecule has 2 aromatic carbocycles. The van der Waals surface area contributed by atoms with Crippen LogP contribution in [0.4, 0.5) is 0 Å². The second kappa shape index (κ2) is 14.4. The van der Waals surface area contributed by atoms with Crippen LogP contribution in [0.3, 0.4) is 0 Å². The number of carbonyl (C=O) groups excluding carboxylic acids is 1. The van der Waals surface area contributed by atoms with Crippen molar-refractivity contribution in [1.29, 1.82) is 0 Å². The Balaban J connectivity index is 0.000000219. The van der Waals surface area contributed by atoms with E-state index in [4.69, 9.17) is 4.98 Å². The maximum atomic E-state index is 11.8. The number of benzene rings is 2. The van der Waals surface area contributed by atoms with E-state index in [2.05, 4.69) is 56.3 Å². The zero-order valence-corrected chi connectivity index (χ0v) is 25.2. The van der Waals surface area contributed by atoms with Crippen LogP contribution in [0.5, 0.6) is 0 Å². The molecule has 0 spiro atoms. The standard InChI is InChI=1S/C21H20N.C13H20O2.CH4.Ir/c1-14-10-15(2)12-18(11-14)20-13-17-7-4-3-6-16-8-5-9-19(22-20)21(16)17;14-12(10-5-1-2-6-10)9-13(15)11-7-3-4-8-11;;/h5,8-11,13H,3-4,6-7H2,1-2H3;9-11,14H,1-8H2;1H4;/q-1;;;. The molecule has 0 unspecified atom stereocenters. The summed E-state index contributed by atoms with van der Waals surface area (Å²) < 4.78 is 0. The van der Waals surface area contributed by atoms with Crippen LogP contribution in [-0.2, 0) is 37.7 Å². The normalized spacial score (nSPS) is 17.5. The van der Waals surface area contributed by atoms with Gasteiger partial charge in [0.2, 0.25) is 0 Å². The van der Waals surface area contributed by atoms with Crippen molar-refractivity contribution in [1.82, 2.24) is 4.98 Å². The van der Waals surface area contributed by atoms with Crippen molar-refractivity contribution in [3.05, 3.63) is 76.6 Å². The van der Waals surface area contributed by atoms with Gasteiger partial charge in [-0.1, -0.05) is 65.2 Å². The molecule has 1 aromatic heterocycles. The molecule has 211 valence electrons. The van der Waals surface area contributed by atoms with E-state index in [1.54, 1.807) is 0 Å². The molecule has 3 aliphatic carbocycles. The van der Waals surface area contributed by atoms with Gasteiger partial charge in [0.05, 0.1) is 11.3 Å². The molecule has 0 atom stereocenters. The first-order chi connectivity index (χ1) is 18.0. The number of pyridine rings is 1. The van der Waals surface area contributed by atoms with Gasteiger partial charge in [-0.25, -0.2) is 0 Å². The van der Waals surface area contributed by atoms with Crippen LogP contribution in [-0.4, -0.2) is 15.9 Å². The molecule has 1 heterocycles. The Morgan fingerprint density at radius 2 is 1.54 bits per heavy atom. The number of aromatic nitrogens is 1. The first-order valence-electron chi connectivity index (χ1n) is 14.3. The maximum absolute atomic E-state index is 11.8. The number of aliphatic hydroxyl groups excluding tert-OH is 1. The number of hydrogen-bond acceptors (Lipinski definition) is 3. The van der Waals surface area contributed by atoms with E-state index in [-0.39, 0.29) is 45.2 Å². The number of ketones is 1. The summed E-state index contributed by atoms with van der Waals surface area (Å²) in [6.07, 6.45) is 15.3. The SMILES string of the molecule is C.Cc1[c-]c(-c2cc3c4c(cccc4n2)CCCC3)cc(C)c1.O=C(C=C(O)C1CCCC1)C1CCCC1.[Ir]. The minimum atomic E-state index is 0. The summed E-state index contributed by atoms with van der Waals surface area (Å²) in [5.74, 6) is 0.991. The van der Waals surface area contributed by atoms with Crippen LogP contribution in [0.25, 0.3) is 22.2 Å². The fraction of sp³-hybridized carbons (Fsp3) is 0.486. The molecule has 3 nitrogen and oxygen atoms in total. The monoisotopic (exact) mass is 703 g/mol. The second-order valence-corrected chi connectivity index (χ2v) is 11.4. The number of allylic oxidation sites excluding steroid dienone is 2. The smallest absolute Gasteiger partial charge is 0.162 e. The van der Waals surface area contributed by atoms with Crippen LogP contribution in [0, 0.1) is 31.7 Å². The van der Waals surface area contributed by atoms with Crippen LogP contribution in [0.2, 0.25) is 0 Å². The third-order valence-electron chi connectivity index (χ3n) is 8.39. The van der Waals surface area contributed by atoms with Gasteiger partial charge in [-0.05, 0) is 74.3 Å². The predicted molar refractivity (Wildman–Crippen MR) is 158 cm³/mol. The largest absolute Gasteiger partial charge is 0.512 e. The van der Waals surface area contributed by atoms with Gasteiger partial charge in [-0.2, -0.15) is 0 Å². The van der Waals surface area contributed by atoms with E-state index in [9.17, 15) is 9.90 Å².